The molecule has 0 aromatic heterocycles. The van der Waals surface area contributed by atoms with E-state index < -0.39 is 5.60 Å². The highest BCUT2D eigenvalue weighted by Crippen LogP contribution is 2.62. The minimum Gasteiger partial charge on any atom is -0.386 e. The normalized spacial score (nSPS) is 44.3. The summed E-state index contributed by atoms with van der Waals surface area (Å²) in [5.41, 5.74) is 0.674. The predicted octanol–water partition coefficient (Wildman–Crippen LogP) is 4.52. The van der Waals surface area contributed by atoms with E-state index in [-0.39, 0.29) is 16.7 Å². The number of ketones is 1. The lowest BCUT2D eigenvalue weighted by Gasteiger charge is -2.59. The van der Waals surface area contributed by atoms with Crippen molar-refractivity contribution in [1.29, 1.82) is 0 Å². The van der Waals surface area contributed by atoms with Crippen LogP contribution in [0.25, 0.3) is 0 Å². The second kappa shape index (κ2) is 4.93. The highest BCUT2D eigenvalue weighted by Gasteiger charge is 2.57. The number of Topliss-reactive ketones (excluding diaryl/α,β-unsaturated/α-hetero) is 1. The van der Waals surface area contributed by atoms with Gasteiger partial charge in [-0.1, -0.05) is 41.0 Å². The van der Waals surface area contributed by atoms with Crippen LogP contribution in [0.15, 0.2) is 11.6 Å². The first-order valence-electron chi connectivity index (χ1n) is 9.08. The average molecular weight is 304 g/mol. The van der Waals surface area contributed by atoms with Crippen molar-refractivity contribution in [2.45, 2.75) is 78.7 Å². The molecule has 2 saturated carbocycles. The highest BCUT2D eigenvalue weighted by molar-refractivity contribution is 5.97. The number of fused-ring (bicyclic) bond motifs is 3. The van der Waals surface area contributed by atoms with Crippen molar-refractivity contribution in [3.8, 4) is 0 Å². The summed E-state index contributed by atoms with van der Waals surface area (Å²) in [5, 5.41) is 10.9. The number of aliphatic hydroxyl groups is 1. The molecule has 2 heteroatoms. The molecule has 0 amide bonds. The SMILES string of the molecule is CC(C)[C@]1(O)C=C2C(=O)C[C@H]3C(C)(C)CCC[C@@]3(C)[C@H]2CC1. The van der Waals surface area contributed by atoms with Crippen LogP contribution in [-0.4, -0.2) is 16.5 Å². The molecule has 0 aromatic rings. The molecule has 0 unspecified atom stereocenters. The molecular formula is C20H32O2. The van der Waals surface area contributed by atoms with Gasteiger partial charge in [0.15, 0.2) is 5.78 Å². The van der Waals surface area contributed by atoms with E-state index in [0.717, 1.165) is 18.4 Å². The zero-order valence-corrected chi connectivity index (χ0v) is 14.9. The van der Waals surface area contributed by atoms with Gasteiger partial charge in [0.1, 0.15) is 0 Å². The van der Waals surface area contributed by atoms with Gasteiger partial charge in [0, 0.05) is 6.42 Å². The molecule has 0 aliphatic heterocycles. The minimum atomic E-state index is -0.783. The maximum absolute atomic E-state index is 12.8. The molecular weight excluding hydrogens is 272 g/mol. The van der Waals surface area contributed by atoms with E-state index in [2.05, 4.69) is 34.6 Å². The molecule has 0 radical (unpaired) electrons. The first-order chi connectivity index (χ1) is 10.1. The lowest BCUT2D eigenvalue weighted by Crippen LogP contribution is -2.54. The van der Waals surface area contributed by atoms with Gasteiger partial charge in [0.05, 0.1) is 5.60 Å². The van der Waals surface area contributed by atoms with Gasteiger partial charge in [-0.05, 0) is 65.9 Å². The summed E-state index contributed by atoms with van der Waals surface area (Å²) in [6, 6.07) is 0. The Balaban J connectivity index is 2.03. The number of hydrogen-bond acceptors (Lipinski definition) is 2. The van der Waals surface area contributed by atoms with E-state index in [1.165, 1.54) is 19.3 Å². The number of rotatable bonds is 1. The van der Waals surface area contributed by atoms with Crippen LogP contribution in [0.1, 0.15) is 73.1 Å². The molecule has 2 nitrogen and oxygen atoms in total. The van der Waals surface area contributed by atoms with E-state index in [9.17, 15) is 9.90 Å². The summed E-state index contributed by atoms with van der Waals surface area (Å²) in [7, 11) is 0. The van der Waals surface area contributed by atoms with Gasteiger partial charge in [0.2, 0.25) is 0 Å². The Morgan fingerprint density at radius 1 is 1.18 bits per heavy atom. The minimum absolute atomic E-state index is 0.169. The van der Waals surface area contributed by atoms with Crippen LogP contribution in [-0.2, 0) is 4.79 Å². The smallest absolute Gasteiger partial charge is 0.159 e. The molecule has 22 heavy (non-hydrogen) atoms. The van der Waals surface area contributed by atoms with Crippen molar-refractivity contribution >= 4 is 5.78 Å². The molecule has 4 atom stereocenters. The Morgan fingerprint density at radius 2 is 1.86 bits per heavy atom. The fraction of sp³-hybridized carbons (Fsp3) is 0.850. The third kappa shape index (κ3) is 2.21. The lowest BCUT2D eigenvalue weighted by molar-refractivity contribution is -0.132. The molecule has 0 bridgehead atoms. The molecule has 0 saturated heterocycles. The zero-order valence-electron chi connectivity index (χ0n) is 14.9. The van der Waals surface area contributed by atoms with Gasteiger partial charge in [-0.15, -0.1) is 0 Å². The molecule has 1 N–H and O–H groups in total. The maximum Gasteiger partial charge on any atom is 0.159 e. The molecule has 3 aliphatic carbocycles. The Labute approximate surface area is 135 Å². The van der Waals surface area contributed by atoms with Crippen LogP contribution >= 0.6 is 0 Å². The summed E-state index contributed by atoms with van der Waals surface area (Å²) in [6.07, 6.45) is 8.15. The van der Waals surface area contributed by atoms with Crippen LogP contribution in [0.2, 0.25) is 0 Å². The summed E-state index contributed by atoms with van der Waals surface area (Å²) in [5.74, 6) is 1.33. The van der Waals surface area contributed by atoms with Crippen molar-refractivity contribution in [2.24, 2.45) is 28.6 Å². The first-order valence-corrected chi connectivity index (χ1v) is 9.08. The molecule has 0 heterocycles. The highest BCUT2D eigenvalue weighted by atomic mass is 16.3. The molecule has 0 spiro atoms. The monoisotopic (exact) mass is 304 g/mol. The largest absolute Gasteiger partial charge is 0.386 e. The van der Waals surface area contributed by atoms with Gasteiger partial charge < -0.3 is 5.11 Å². The van der Waals surface area contributed by atoms with E-state index in [0.29, 0.717) is 24.0 Å². The van der Waals surface area contributed by atoms with E-state index in [4.69, 9.17) is 0 Å². The Kier molecular flexibility index (Phi) is 3.64. The van der Waals surface area contributed by atoms with Crippen molar-refractivity contribution in [3.05, 3.63) is 11.6 Å². The summed E-state index contributed by atoms with van der Waals surface area (Å²) < 4.78 is 0. The number of hydrogen-bond donors (Lipinski definition) is 1. The molecule has 0 aromatic carbocycles. The summed E-state index contributed by atoms with van der Waals surface area (Å²) in [6.45, 7) is 11.2. The third-order valence-corrected chi connectivity index (χ3v) is 7.40. The fourth-order valence-corrected chi connectivity index (χ4v) is 5.78. The van der Waals surface area contributed by atoms with Crippen molar-refractivity contribution in [2.75, 3.05) is 0 Å². The molecule has 3 rings (SSSR count). The predicted molar refractivity (Wildman–Crippen MR) is 89.4 cm³/mol. The van der Waals surface area contributed by atoms with Crippen LogP contribution in [0, 0.1) is 28.6 Å². The maximum atomic E-state index is 12.8. The van der Waals surface area contributed by atoms with Gasteiger partial charge in [-0.25, -0.2) is 0 Å². The third-order valence-electron chi connectivity index (χ3n) is 7.40. The topological polar surface area (TPSA) is 37.3 Å². The first kappa shape index (κ1) is 16.2. The van der Waals surface area contributed by atoms with Crippen molar-refractivity contribution in [1.82, 2.24) is 0 Å². The van der Waals surface area contributed by atoms with Gasteiger partial charge in [0.25, 0.3) is 0 Å². The summed E-state index contributed by atoms with van der Waals surface area (Å²) >= 11 is 0. The summed E-state index contributed by atoms with van der Waals surface area (Å²) in [4.78, 5) is 12.8. The van der Waals surface area contributed by atoms with Crippen molar-refractivity contribution < 1.29 is 9.90 Å². The van der Waals surface area contributed by atoms with Crippen molar-refractivity contribution in [3.63, 3.8) is 0 Å². The zero-order chi connectivity index (χ0) is 16.3. The number of carbonyl (C=O) groups excluding carboxylic acids is 1. The Hall–Kier alpha value is -0.630. The number of carbonyl (C=O) groups is 1. The van der Waals surface area contributed by atoms with E-state index in [1.807, 2.05) is 6.08 Å². The van der Waals surface area contributed by atoms with Gasteiger partial charge in [-0.3, -0.25) is 4.79 Å². The second-order valence-electron chi connectivity index (χ2n) is 9.36. The van der Waals surface area contributed by atoms with Crippen LogP contribution in [0.3, 0.4) is 0 Å². The van der Waals surface area contributed by atoms with Gasteiger partial charge in [-0.2, -0.15) is 0 Å². The van der Waals surface area contributed by atoms with Crippen LogP contribution in [0.4, 0.5) is 0 Å². The Morgan fingerprint density at radius 3 is 2.50 bits per heavy atom. The van der Waals surface area contributed by atoms with E-state index in [1.54, 1.807) is 0 Å². The second-order valence-corrected chi connectivity index (χ2v) is 9.36. The number of allylic oxidation sites excluding steroid dienone is 1. The average Bonchev–Trinajstić information content (AvgIpc) is 2.41. The van der Waals surface area contributed by atoms with Gasteiger partial charge >= 0.3 is 0 Å². The Bertz CT molecular complexity index is 516. The van der Waals surface area contributed by atoms with Crippen LogP contribution in [0.5, 0.6) is 0 Å². The molecule has 2 fully saturated rings. The van der Waals surface area contributed by atoms with Crippen LogP contribution < -0.4 is 0 Å². The fourth-order valence-electron chi connectivity index (χ4n) is 5.78. The lowest BCUT2D eigenvalue weighted by atomic mass is 9.45. The van der Waals surface area contributed by atoms with E-state index >= 15 is 0 Å². The quantitative estimate of drug-likeness (QED) is 0.773. The molecule has 124 valence electrons. The molecule has 3 aliphatic rings. The standard InChI is InChI=1S/C20H32O2/c1-13(2)20(22)10-7-15-14(12-20)16(21)11-17-18(3,4)8-6-9-19(15,17)5/h12-13,15,17,22H,6-11H2,1-5H3/t15-,17-,19-,20+/m0/s1.